The van der Waals surface area contributed by atoms with Crippen molar-refractivity contribution in [1.82, 2.24) is 9.36 Å². The normalized spacial score (nSPS) is 9.83. The maximum Gasteiger partial charge on any atom is 0.213 e. The van der Waals surface area contributed by atoms with Crippen LogP contribution in [0.1, 0.15) is 16.8 Å². The Bertz CT molecular complexity index is 588. The van der Waals surface area contributed by atoms with E-state index in [-0.39, 0.29) is 0 Å². The van der Waals surface area contributed by atoms with Gasteiger partial charge in [-0.05, 0) is 30.1 Å². The molecular formula is C12H12N4OS. The summed E-state index contributed by atoms with van der Waals surface area (Å²) in [7, 11) is 1.58. The molecule has 5 nitrogen and oxygen atoms in total. The van der Waals surface area contributed by atoms with Gasteiger partial charge in [0.05, 0.1) is 12.8 Å². The average Bonchev–Trinajstić information content (AvgIpc) is 2.77. The van der Waals surface area contributed by atoms with Crippen LogP contribution in [0.15, 0.2) is 18.3 Å². The van der Waals surface area contributed by atoms with Gasteiger partial charge in [-0.1, -0.05) is 0 Å². The lowest BCUT2D eigenvalue weighted by atomic mass is 10.2. The molecule has 2 aromatic heterocycles. The lowest BCUT2D eigenvalue weighted by Crippen LogP contribution is -2.00. The van der Waals surface area contributed by atoms with E-state index in [1.54, 1.807) is 13.3 Å². The van der Waals surface area contributed by atoms with Gasteiger partial charge in [0.1, 0.15) is 16.6 Å². The second-order valence-corrected chi connectivity index (χ2v) is 4.42. The van der Waals surface area contributed by atoms with E-state index in [2.05, 4.69) is 20.7 Å². The number of rotatable bonds is 4. The topological polar surface area (TPSA) is 70.8 Å². The molecule has 0 saturated carbocycles. The molecule has 6 heteroatoms. The number of anilines is 1. The molecule has 2 aromatic rings. The second-order valence-electron chi connectivity index (χ2n) is 3.64. The first-order valence-electron chi connectivity index (χ1n) is 5.33. The summed E-state index contributed by atoms with van der Waals surface area (Å²) in [6.45, 7) is 2.44. The van der Waals surface area contributed by atoms with Gasteiger partial charge < -0.3 is 10.1 Å². The number of nitrogens with zero attached hydrogens (tertiary/aromatic N) is 3. The van der Waals surface area contributed by atoms with Crippen molar-refractivity contribution in [3.05, 3.63) is 35.2 Å². The molecule has 92 valence electrons. The fourth-order valence-corrected chi connectivity index (χ4v) is 2.22. The molecule has 0 radical (unpaired) electrons. The predicted octanol–water partition coefficient (Wildman–Crippen LogP) is 2.34. The van der Waals surface area contributed by atoms with Crippen LogP contribution in [-0.2, 0) is 6.54 Å². The van der Waals surface area contributed by atoms with Gasteiger partial charge in [-0.2, -0.15) is 9.64 Å². The zero-order chi connectivity index (χ0) is 13.0. The van der Waals surface area contributed by atoms with E-state index in [1.807, 2.05) is 19.1 Å². The first-order chi connectivity index (χ1) is 8.74. The van der Waals surface area contributed by atoms with Crippen molar-refractivity contribution in [2.45, 2.75) is 13.5 Å². The highest BCUT2D eigenvalue weighted by molar-refractivity contribution is 7.10. The van der Waals surface area contributed by atoms with Crippen molar-refractivity contribution in [3.8, 4) is 11.9 Å². The number of nitriles is 1. The van der Waals surface area contributed by atoms with Crippen LogP contribution in [0.25, 0.3) is 0 Å². The fourth-order valence-electron chi connectivity index (χ4n) is 1.48. The van der Waals surface area contributed by atoms with Crippen LogP contribution in [0.3, 0.4) is 0 Å². The summed E-state index contributed by atoms with van der Waals surface area (Å²) >= 11 is 1.30. The Balaban J connectivity index is 2.09. The van der Waals surface area contributed by atoms with E-state index < -0.39 is 0 Å². The van der Waals surface area contributed by atoms with Crippen molar-refractivity contribution in [2.75, 3.05) is 12.4 Å². The van der Waals surface area contributed by atoms with Crippen LogP contribution in [-0.4, -0.2) is 16.5 Å². The largest absolute Gasteiger partial charge is 0.481 e. The van der Waals surface area contributed by atoms with Crippen molar-refractivity contribution >= 4 is 16.5 Å². The Kier molecular flexibility index (Phi) is 3.75. The quantitative estimate of drug-likeness (QED) is 0.913. The smallest absolute Gasteiger partial charge is 0.213 e. The minimum Gasteiger partial charge on any atom is -0.481 e. The van der Waals surface area contributed by atoms with Crippen LogP contribution >= 0.6 is 11.5 Å². The number of nitrogens with one attached hydrogen (secondary N) is 1. The standard InChI is InChI=1S/C12H12N4OS/c1-8-10(6-13)12(18-16-8)15-7-9-3-4-14-11(5-9)17-2/h3-5,15H,7H2,1-2H3. The number of pyridine rings is 1. The van der Waals surface area contributed by atoms with Crippen LogP contribution in [0.5, 0.6) is 5.88 Å². The Hall–Kier alpha value is -2.13. The monoisotopic (exact) mass is 260 g/mol. The first-order valence-corrected chi connectivity index (χ1v) is 6.11. The Labute approximate surface area is 109 Å². The van der Waals surface area contributed by atoms with Gasteiger partial charge in [-0.3, -0.25) is 0 Å². The second kappa shape index (κ2) is 5.47. The van der Waals surface area contributed by atoms with Gasteiger partial charge in [0.15, 0.2) is 0 Å². The average molecular weight is 260 g/mol. The van der Waals surface area contributed by atoms with E-state index in [0.29, 0.717) is 18.0 Å². The Morgan fingerprint density at radius 1 is 1.56 bits per heavy atom. The minimum absolute atomic E-state index is 0.579. The van der Waals surface area contributed by atoms with E-state index in [4.69, 9.17) is 10.00 Å². The van der Waals surface area contributed by atoms with Gasteiger partial charge in [0.25, 0.3) is 0 Å². The minimum atomic E-state index is 0.579. The van der Waals surface area contributed by atoms with Crippen LogP contribution in [0.4, 0.5) is 5.00 Å². The van der Waals surface area contributed by atoms with E-state index in [0.717, 1.165) is 16.3 Å². The van der Waals surface area contributed by atoms with Crippen molar-refractivity contribution in [3.63, 3.8) is 0 Å². The maximum atomic E-state index is 9.01. The number of hydrogen-bond acceptors (Lipinski definition) is 6. The molecule has 0 atom stereocenters. The molecule has 0 spiro atoms. The van der Waals surface area contributed by atoms with Crippen molar-refractivity contribution in [1.29, 1.82) is 5.26 Å². The molecule has 0 aliphatic carbocycles. The predicted molar refractivity (Wildman–Crippen MR) is 69.7 cm³/mol. The van der Waals surface area contributed by atoms with Crippen molar-refractivity contribution in [2.24, 2.45) is 0 Å². The molecule has 18 heavy (non-hydrogen) atoms. The molecule has 0 aliphatic heterocycles. The molecule has 0 amide bonds. The van der Waals surface area contributed by atoms with Gasteiger partial charge in [0, 0.05) is 18.8 Å². The molecule has 2 rings (SSSR count). The highest BCUT2D eigenvalue weighted by atomic mass is 32.1. The zero-order valence-corrected chi connectivity index (χ0v) is 10.9. The molecule has 0 fully saturated rings. The fraction of sp³-hybridized carbons (Fsp3) is 0.250. The van der Waals surface area contributed by atoms with Crippen LogP contribution in [0.2, 0.25) is 0 Å². The molecule has 0 saturated heterocycles. The van der Waals surface area contributed by atoms with Crippen molar-refractivity contribution < 1.29 is 4.74 Å². The number of methoxy groups -OCH3 is 1. The number of aromatic nitrogens is 2. The third-order valence-corrected chi connectivity index (χ3v) is 3.33. The first kappa shape index (κ1) is 12.3. The number of aryl methyl sites for hydroxylation is 1. The van der Waals surface area contributed by atoms with Gasteiger partial charge in [0.2, 0.25) is 5.88 Å². The summed E-state index contributed by atoms with van der Waals surface area (Å²) in [4.78, 5) is 4.04. The lowest BCUT2D eigenvalue weighted by Gasteiger charge is -2.05. The van der Waals surface area contributed by atoms with Gasteiger partial charge in [-0.25, -0.2) is 4.98 Å². The summed E-state index contributed by atoms with van der Waals surface area (Å²) < 4.78 is 9.21. The third kappa shape index (κ3) is 2.57. The van der Waals surface area contributed by atoms with E-state index >= 15 is 0 Å². The highest BCUT2D eigenvalue weighted by Crippen LogP contribution is 2.24. The lowest BCUT2D eigenvalue weighted by molar-refractivity contribution is 0.397. The van der Waals surface area contributed by atoms with E-state index in [9.17, 15) is 0 Å². The summed E-state index contributed by atoms with van der Waals surface area (Å²) in [5.74, 6) is 0.579. The number of ether oxygens (including phenoxy) is 1. The van der Waals surface area contributed by atoms with Crippen LogP contribution in [0, 0.1) is 18.3 Å². The summed E-state index contributed by atoms with van der Waals surface area (Å²) in [6, 6.07) is 5.90. The summed E-state index contributed by atoms with van der Waals surface area (Å²) in [6.07, 6.45) is 1.69. The molecule has 2 heterocycles. The molecule has 0 bridgehead atoms. The van der Waals surface area contributed by atoms with E-state index in [1.165, 1.54) is 11.5 Å². The SMILES string of the molecule is COc1cc(CNc2snc(C)c2C#N)ccn1. The highest BCUT2D eigenvalue weighted by Gasteiger charge is 2.09. The molecule has 0 unspecified atom stereocenters. The molecule has 0 aromatic carbocycles. The molecule has 1 N–H and O–H groups in total. The maximum absolute atomic E-state index is 9.01. The molecular weight excluding hydrogens is 248 g/mol. The number of hydrogen-bond donors (Lipinski definition) is 1. The Morgan fingerprint density at radius 3 is 3.11 bits per heavy atom. The molecule has 0 aliphatic rings. The Morgan fingerprint density at radius 2 is 2.39 bits per heavy atom. The van der Waals surface area contributed by atoms with Gasteiger partial charge in [-0.15, -0.1) is 0 Å². The zero-order valence-electron chi connectivity index (χ0n) is 10.1. The summed E-state index contributed by atoms with van der Waals surface area (Å²) in [5.41, 5.74) is 2.41. The summed E-state index contributed by atoms with van der Waals surface area (Å²) in [5, 5.41) is 13.0. The third-order valence-electron chi connectivity index (χ3n) is 2.44. The van der Waals surface area contributed by atoms with Gasteiger partial charge >= 0.3 is 0 Å². The van der Waals surface area contributed by atoms with Crippen LogP contribution < -0.4 is 10.1 Å².